The Morgan fingerprint density at radius 2 is 2.06 bits per heavy atom. The highest BCUT2D eigenvalue weighted by atomic mass is 16.5. The van der Waals surface area contributed by atoms with Crippen LogP contribution in [0, 0.1) is 5.92 Å². The molecule has 0 unspecified atom stereocenters. The van der Waals surface area contributed by atoms with E-state index in [-0.39, 0.29) is 11.9 Å². The number of likely N-dealkylation sites (N-methyl/N-ethyl adjacent to an activating group) is 1. The van der Waals surface area contributed by atoms with Gasteiger partial charge in [0.15, 0.2) is 0 Å². The summed E-state index contributed by atoms with van der Waals surface area (Å²) in [5.74, 6) is 0.399. The topological polar surface area (TPSA) is 67.6 Å². The van der Waals surface area contributed by atoms with Gasteiger partial charge in [-0.2, -0.15) is 0 Å². The van der Waals surface area contributed by atoms with E-state index >= 15 is 0 Å². The Morgan fingerprint density at radius 3 is 2.61 bits per heavy atom. The van der Waals surface area contributed by atoms with Gasteiger partial charge in [0.05, 0.1) is 6.04 Å². The first-order valence-corrected chi connectivity index (χ1v) is 6.68. The normalized spacial score (nSPS) is 13.1. The van der Waals surface area contributed by atoms with E-state index in [1.807, 2.05) is 7.05 Å². The Kier molecular flexibility index (Phi) is 9.92. The smallest absolute Gasteiger partial charge is 0.236 e. The van der Waals surface area contributed by atoms with Crippen molar-refractivity contribution >= 4 is 5.91 Å². The number of nitrogens with zero attached hydrogens (tertiary/aromatic N) is 1. The van der Waals surface area contributed by atoms with E-state index in [4.69, 9.17) is 10.5 Å². The Morgan fingerprint density at radius 1 is 1.39 bits per heavy atom. The lowest BCUT2D eigenvalue weighted by Gasteiger charge is -2.18. The summed E-state index contributed by atoms with van der Waals surface area (Å²) in [6, 6.07) is -0.385. The fraction of sp³-hybridized carbons (Fsp3) is 0.923. The summed E-state index contributed by atoms with van der Waals surface area (Å²) in [6.07, 6.45) is 1.74. The van der Waals surface area contributed by atoms with Crippen LogP contribution < -0.4 is 11.1 Å². The Labute approximate surface area is 111 Å². The van der Waals surface area contributed by atoms with Crippen molar-refractivity contribution in [1.29, 1.82) is 0 Å². The van der Waals surface area contributed by atoms with Gasteiger partial charge in [0.2, 0.25) is 5.91 Å². The third-order valence-corrected chi connectivity index (χ3v) is 2.74. The highest BCUT2D eigenvalue weighted by Crippen LogP contribution is 2.02. The molecule has 0 aliphatic carbocycles. The average Bonchev–Trinajstić information content (AvgIpc) is 2.28. The summed E-state index contributed by atoms with van der Waals surface area (Å²) >= 11 is 0. The summed E-state index contributed by atoms with van der Waals surface area (Å²) in [5.41, 5.74) is 5.79. The molecular formula is C13H29N3O2. The first-order valence-electron chi connectivity index (χ1n) is 6.68. The second kappa shape index (κ2) is 10.3. The number of amides is 1. The number of methoxy groups -OCH3 is 1. The summed E-state index contributed by atoms with van der Waals surface area (Å²) in [7, 11) is 3.74. The molecule has 0 aromatic heterocycles. The molecule has 0 radical (unpaired) electrons. The van der Waals surface area contributed by atoms with Gasteiger partial charge >= 0.3 is 0 Å². The van der Waals surface area contributed by atoms with Gasteiger partial charge in [-0.05, 0) is 25.8 Å². The summed E-state index contributed by atoms with van der Waals surface area (Å²) in [4.78, 5) is 13.8. The van der Waals surface area contributed by atoms with Crippen molar-refractivity contribution in [3.63, 3.8) is 0 Å². The summed E-state index contributed by atoms with van der Waals surface area (Å²) in [5, 5.41) is 2.87. The first-order chi connectivity index (χ1) is 8.47. The number of nitrogens with two attached hydrogens (primary N) is 1. The van der Waals surface area contributed by atoms with Crippen LogP contribution >= 0.6 is 0 Å². The van der Waals surface area contributed by atoms with E-state index in [1.54, 1.807) is 7.11 Å². The minimum atomic E-state index is -0.385. The second-order valence-corrected chi connectivity index (χ2v) is 5.18. The van der Waals surface area contributed by atoms with Crippen molar-refractivity contribution in [1.82, 2.24) is 10.2 Å². The highest BCUT2D eigenvalue weighted by molar-refractivity contribution is 5.81. The zero-order valence-corrected chi connectivity index (χ0v) is 12.2. The van der Waals surface area contributed by atoms with E-state index in [2.05, 4.69) is 24.1 Å². The van der Waals surface area contributed by atoms with E-state index in [1.165, 1.54) is 0 Å². The molecule has 108 valence electrons. The molecule has 0 bridgehead atoms. The van der Waals surface area contributed by atoms with E-state index in [0.717, 1.165) is 32.5 Å². The van der Waals surface area contributed by atoms with Crippen LogP contribution in [0.4, 0.5) is 0 Å². The number of ether oxygens (including phenoxy) is 1. The van der Waals surface area contributed by atoms with Crippen LogP contribution in [0.3, 0.4) is 0 Å². The molecular weight excluding hydrogens is 230 g/mol. The van der Waals surface area contributed by atoms with Crippen LogP contribution in [0.15, 0.2) is 0 Å². The van der Waals surface area contributed by atoms with Crippen LogP contribution in [0.5, 0.6) is 0 Å². The van der Waals surface area contributed by atoms with Gasteiger partial charge in [-0.15, -0.1) is 0 Å². The van der Waals surface area contributed by atoms with Gasteiger partial charge in [-0.3, -0.25) is 4.79 Å². The molecule has 0 aromatic rings. The van der Waals surface area contributed by atoms with Gasteiger partial charge in [-0.25, -0.2) is 0 Å². The fourth-order valence-electron chi connectivity index (χ4n) is 1.71. The molecule has 1 atom stereocenters. The summed E-state index contributed by atoms with van der Waals surface area (Å²) in [6.45, 7) is 7.36. The Hall–Kier alpha value is -0.650. The molecule has 0 aliphatic heterocycles. The lowest BCUT2D eigenvalue weighted by atomic mass is 10.0. The largest absolute Gasteiger partial charge is 0.385 e. The molecule has 3 N–H and O–H groups in total. The molecule has 1 amide bonds. The predicted molar refractivity (Wildman–Crippen MR) is 74.4 cm³/mol. The van der Waals surface area contributed by atoms with Crippen molar-refractivity contribution in [2.24, 2.45) is 11.7 Å². The lowest BCUT2D eigenvalue weighted by Crippen LogP contribution is -2.43. The third kappa shape index (κ3) is 9.39. The SMILES string of the molecule is COCCCN(C)CCNC(=O)[C@@H](N)CC(C)C. The van der Waals surface area contributed by atoms with E-state index in [0.29, 0.717) is 12.5 Å². The molecule has 0 heterocycles. The van der Waals surface area contributed by atoms with Crippen molar-refractivity contribution in [2.45, 2.75) is 32.7 Å². The van der Waals surface area contributed by atoms with Crippen LogP contribution in [0.2, 0.25) is 0 Å². The molecule has 0 rings (SSSR count). The minimum absolute atomic E-state index is 0.0472. The maximum absolute atomic E-state index is 11.6. The van der Waals surface area contributed by atoms with Gasteiger partial charge < -0.3 is 20.7 Å². The Balaban J connectivity index is 3.60. The average molecular weight is 259 g/mol. The quantitative estimate of drug-likeness (QED) is 0.559. The standard InChI is InChI=1S/C13H29N3O2/c1-11(2)10-12(14)13(17)15-6-8-16(3)7-5-9-18-4/h11-12H,5-10,14H2,1-4H3,(H,15,17)/t12-/m0/s1. The van der Waals surface area contributed by atoms with Crippen LogP contribution in [0.1, 0.15) is 26.7 Å². The molecule has 0 fully saturated rings. The molecule has 18 heavy (non-hydrogen) atoms. The van der Waals surface area contributed by atoms with Crippen LogP contribution in [0.25, 0.3) is 0 Å². The molecule has 0 saturated heterocycles. The maximum Gasteiger partial charge on any atom is 0.236 e. The molecule has 5 heteroatoms. The van der Waals surface area contributed by atoms with E-state index in [9.17, 15) is 4.79 Å². The number of hydrogen-bond acceptors (Lipinski definition) is 4. The van der Waals surface area contributed by atoms with Crippen molar-refractivity contribution in [3.05, 3.63) is 0 Å². The number of hydrogen-bond donors (Lipinski definition) is 2. The molecule has 0 spiro atoms. The van der Waals surface area contributed by atoms with Crippen molar-refractivity contribution in [2.75, 3.05) is 40.4 Å². The third-order valence-electron chi connectivity index (χ3n) is 2.74. The fourth-order valence-corrected chi connectivity index (χ4v) is 1.71. The van der Waals surface area contributed by atoms with Gasteiger partial charge in [0.1, 0.15) is 0 Å². The maximum atomic E-state index is 11.6. The number of carbonyl (C=O) groups excluding carboxylic acids is 1. The second-order valence-electron chi connectivity index (χ2n) is 5.18. The highest BCUT2D eigenvalue weighted by Gasteiger charge is 2.14. The number of nitrogens with one attached hydrogen (secondary N) is 1. The monoisotopic (exact) mass is 259 g/mol. The van der Waals surface area contributed by atoms with Gasteiger partial charge in [0, 0.05) is 33.4 Å². The van der Waals surface area contributed by atoms with E-state index < -0.39 is 0 Å². The predicted octanol–water partition coefficient (Wildman–Crippen LogP) is 0.444. The zero-order valence-electron chi connectivity index (χ0n) is 12.2. The van der Waals surface area contributed by atoms with Crippen LogP contribution in [-0.4, -0.2) is 57.2 Å². The van der Waals surface area contributed by atoms with Crippen molar-refractivity contribution in [3.8, 4) is 0 Å². The van der Waals surface area contributed by atoms with Gasteiger partial charge in [0.25, 0.3) is 0 Å². The first kappa shape index (κ1) is 17.4. The zero-order chi connectivity index (χ0) is 14.0. The Bertz CT molecular complexity index is 222. The number of rotatable bonds is 10. The van der Waals surface area contributed by atoms with Crippen LogP contribution in [-0.2, 0) is 9.53 Å². The summed E-state index contributed by atoms with van der Waals surface area (Å²) < 4.78 is 4.99. The number of carbonyl (C=O) groups is 1. The lowest BCUT2D eigenvalue weighted by molar-refractivity contribution is -0.122. The molecule has 5 nitrogen and oxygen atoms in total. The molecule has 0 saturated carbocycles. The molecule has 0 aliphatic rings. The minimum Gasteiger partial charge on any atom is -0.385 e. The molecule has 0 aromatic carbocycles. The van der Waals surface area contributed by atoms with Gasteiger partial charge in [-0.1, -0.05) is 13.8 Å². The van der Waals surface area contributed by atoms with Crippen molar-refractivity contribution < 1.29 is 9.53 Å².